The monoisotopic (exact) mass is 293 g/mol. The molecule has 1 heterocycles. The number of nitrogens with zero attached hydrogens (tertiary/aromatic N) is 3. The predicted octanol–water partition coefficient (Wildman–Crippen LogP) is 2.27. The van der Waals surface area contributed by atoms with Gasteiger partial charge in [-0.05, 0) is 24.6 Å². The first-order chi connectivity index (χ1) is 9.43. The molecule has 0 aliphatic carbocycles. The quantitative estimate of drug-likeness (QED) is 0.846. The van der Waals surface area contributed by atoms with Crippen molar-refractivity contribution in [2.75, 3.05) is 24.7 Å². The van der Waals surface area contributed by atoms with E-state index in [2.05, 4.69) is 16.9 Å². The van der Waals surface area contributed by atoms with Crippen LogP contribution in [0.4, 0.5) is 5.82 Å². The van der Waals surface area contributed by atoms with Crippen molar-refractivity contribution in [3.8, 4) is 0 Å². The van der Waals surface area contributed by atoms with Crippen LogP contribution in [0.25, 0.3) is 10.9 Å². The number of unbranched alkanes of at least 4 members (excludes halogenated alkanes) is 1. The average Bonchev–Trinajstić information content (AvgIpc) is 2.42. The zero-order valence-corrected chi connectivity index (χ0v) is 12.8. The highest BCUT2D eigenvalue weighted by molar-refractivity contribution is 7.90. The fourth-order valence-electron chi connectivity index (χ4n) is 2.06. The van der Waals surface area contributed by atoms with Gasteiger partial charge in [-0.15, -0.1) is 0 Å². The smallest absolute Gasteiger partial charge is 0.175 e. The number of sulfone groups is 1. The third kappa shape index (κ3) is 3.07. The molecule has 0 radical (unpaired) electrons. The van der Waals surface area contributed by atoms with Crippen molar-refractivity contribution in [1.29, 1.82) is 0 Å². The van der Waals surface area contributed by atoms with Gasteiger partial charge in [-0.2, -0.15) is 0 Å². The molecule has 0 aliphatic rings. The number of rotatable bonds is 5. The minimum atomic E-state index is -3.23. The lowest BCUT2D eigenvalue weighted by Gasteiger charge is -2.19. The molecule has 1 aromatic heterocycles. The SMILES string of the molecule is CCCCN(C)c1ncnc2ccc(S(C)(=O)=O)cc12. The van der Waals surface area contributed by atoms with E-state index in [1.165, 1.54) is 12.6 Å². The van der Waals surface area contributed by atoms with Gasteiger partial charge < -0.3 is 4.90 Å². The van der Waals surface area contributed by atoms with Gasteiger partial charge in [-0.1, -0.05) is 13.3 Å². The molecule has 6 heteroatoms. The fourth-order valence-corrected chi connectivity index (χ4v) is 2.71. The van der Waals surface area contributed by atoms with Gasteiger partial charge in [-0.25, -0.2) is 18.4 Å². The van der Waals surface area contributed by atoms with Crippen molar-refractivity contribution < 1.29 is 8.42 Å². The van der Waals surface area contributed by atoms with E-state index in [0.717, 1.165) is 36.1 Å². The molecule has 5 nitrogen and oxygen atoms in total. The first-order valence-electron chi connectivity index (χ1n) is 6.59. The highest BCUT2D eigenvalue weighted by Crippen LogP contribution is 2.25. The molecule has 0 aliphatic heterocycles. The summed E-state index contributed by atoms with van der Waals surface area (Å²) in [5, 5.41) is 0.772. The Morgan fingerprint density at radius 1 is 1.25 bits per heavy atom. The Morgan fingerprint density at radius 2 is 2.00 bits per heavy atom. The summed E-state index contributed by atoms with van der Waals surface area (Å²) >= 11 is 0. The van der Waals surface area contributed by atoms with Gasteiger partial charge in [-0.3, -0.25) is 0 Å². The molecule has 0 fully saturated rings. The summed E-state index contributed by atoms with van der Waals surface area (Å²) in [6.07, 6.45) is 4.88. The molecule has 1 aromatic carbocycles. The van der Waals surface area contributed by atoms with E-state index in [1.54, 1.807) is 18.2 Å². The lowest BCUT2D eigenvalue weighted by atomic mass is 10.2. The highest BCUT2D eigenvalue weighted by atomic mass is 32.2. The number of fused-ring (bicyclic) bond motifs is 1. The van der Waals surface area contributed by atoms with Gasteiger partial charge >= 0.3 is 0 Å². The van der Waals surface area contributed by atoms with Crippen LogP contribution in [0, 0.1) is 0 Å². The number of aromatic nitrogens is 2. The van der Waals surface area contributed by atoms with Crippen LogP contribution in [0.5, 0.6) is 0 Å². The van der Waals surface area contributed by atoms with Crippen molar-refractivity contribution in [2.45, 2.75) is 24.7 Å². The van der Waals surface area contributed by atoms with E-state index in [4.69, 9.17) is 0 Å². The van der Waals surface area contributed by atoms with Crippen molar-refractivity contribution in [3.63, 3.8) is 0 Å². The number of hydrogen-bond donors (Lipinski definition) is 0. The maximum Gasteiger partial charge on any atom is 0.175 e. The van der Waals surface area contributed by atoms with Crippen LogP contribution in [0.15, 0.2) is 29.4 Å². The predicted molar refractivity (Wildman–Crippen MR) is 80.8 cm³/mol. The van der Waals surface area contributed by atoms with E-state index in [-0.39, 0.29) is 0 Å². The van der Waals surface area contributed by atoms with E-state index in [9.17, 15) is 8.42 Å². The molecule has 0 amide bonds. The average molecular weight is 293 g/mol. The molecular formula is C14H19N3O2S. The molecule has 0 saturated heterocycles. The van der Waals surface area contributed by atoms with Crippen molar-refractivity contribution >= 4 is 26.6 Å². The maximum absolute atomic E-state index is 11.7. The molecule has 0 atom stereocenters. The first kappa shape index (κ1) is 14.7. The van der Waals surface area contributed by atoms with Crippen LogP contribution in [-0.4, -0.2) is 38.2 Å². The summed E-state index contributed by atoms with van der Waals surface area (Å²) in [6.45, 7) is 3.01. The van der Waals surface area contributed by atoms with Gasteiger partial charge in [0.15, 0.2) is 9.84 Å². The second-order valence-corrected chi connectivity index (χ2v) is 6.94. The topological polar surface area (TPSA) is 63.2 Å². The minimum Gasteiger partial charge on any atom is -0.359 e. The summed E-state index contributed by atoms with van der Waals surface area (Å²) in [7, 11) is -1.26. The molecular weight excluding hydrogens is 274 g/mol. The van der Waals surface area contributed by atoms with Crippen LogP contribution < -0.4 is 4.90 Å². The zero-order chi connectivity index (χ0) is 14.8. The molecule has 0 saturated carbocycles. The lowest BCUT2D eigenvalue weighted by molar-refractivity contribution is 0.602. The largest absolute Gasteiger partial charge is 0.359 e. The normalized spacial score (nSPS) is 11.8. The van der Waals surface area contributed by atoms with Crippen molar-refractivity contribution in [2.24, 2.45) is 0 Å². The van der Waals surface area contributed by atoms with Crippen molar-refractivity contribution in [1.82, 2.24) is 9.97 Å². The van der Waals surface area contributed by atoms with Crippen LogP contribution in [-0.2, 0) is 9.84 Å². The first-order valence-corrected chi connectivity index (χ1v) is 8.48. The molecule has 108 valence electrons. The van der Waals surface area contributed by atoms with Gasteiger partial charge in [0.05, 0.1) is 10.4 Å². The highest BCUT2D eigenvalue weighted by Gasteiger charge is 2.13. The molecule has 2 rings (SSSR count). The summed E-state index contributed by atoms with van der Waals surface area (Å²) in [6, 6.07) is 4.97. The van der Waals surface area contributed by atoms with E-state index in [0.29, 0.717) is 4.90 Å². The van der Waals surface area contributed by atoms with Gasteiger partial charge in [0.25, 0.3) is 0 Å². The Morgan fingerprint density at radius 3 is 2.65 bits per heavy atom. The van der Waals surface area contributed by atoms with Crippen LogP contribution in [0.2, 0.25) is 0 Å². The molecule has 2 aromatic rings. The number of hydrogen-bond acceptors (Lipinski definition) is 5. The summed E-state index contributed by atoms with van der Waals surface area (Å²) in [4.78, 5) is 10.8. The van der Waals surface area contributed by atoms with E-state index in [1.807, 2.05) is 11.9 Å². The summed E-state index contributed by atoms with van der Waals surface area (Å²) in [5.41, 5.74) is 0.755. The second kappa shape index (κ2) is 5.75. The third-order valence-electron chi connectivity index (χ3n) is 3.22. The Labute approximate surface area is 119 Å². The maximum atomic E-state index is 11.7. The molecule has 0 spiro atoms. The Kier molecular flexibility index (Phi) is 4.23. The molecule has 0 unspecified atom stereocenters. The number of anilines is 1. The lowest BCUT2D eigenvalue weighted by Crippen LogP contribution is -2.20. The van der Waals surface area contributed by atoms with Gasteiger partial charge in [0.1, 0.15) is 12.1 Å². The Bertz CT molecular complexity index is 713. The van der Waals surface area contributed by atoms with Gasteiger partial charge in [0.2, 0.25) is 0 Å². The summed E-state index contributed by atoms with van der Waals surface area (Å²) in [5.74, 6) is 0.772. The Hall–Kier alpha value is -1.69. The minimum absolute atomic E-state index is 0.296. The third-order valence-corrected chi connectivity index (χ3v) is 4.33. The van der Waals surface area contributed by atoms with Crippen LogP contribution in [0.3, 0.4) is 0 Å². The molecule has 20 heavy (non-hydrogen) atoms. The van der Waals surface area contributed by atoms with Crippen molar-refractivity contribution in [3.05, 3.63) is 24.5 Å². The van der Waals surface area contributed by atoms with Crippen LogP contribution >= 0.6 is 0 Å². The van der Waals surface area contributed by atoms with E-state index >= 15 is 0 Å². The standard InChI is InChI=1S/C14H19N3O2S/c1-4-5-8-17(2)14-12-9-11(20(3,18)19)6-7-13(12)15-10-16-14/h6-7,9-10H,4-5,8H2,1-3H3. The van der Waals surface area contributed by atoms with Gasteiger partial charge in [0, 0.05) is 25.2 Å². The van der Waals surface area contributed by atoms with E-state index < -0.39 is 9.84 Å². The fraction of sp³-hybridized carbons (Fsp3) is 0.429. The van der Waals surface area contributed by atoms with Crippen LogP contribution in [0.1, 0.15) is 19.8 Å². The Balaban J connectivity index is 2.54. The molecule has 0 bridgehead atoms. The molecule has 0 N–H and O–H groups in total. The number of benzene rings is 1. The second-order valence-electron chi connectivity index (χ2n) is 4.92. The summed E-state index contributed by atoms with van der Waals surface area (Å²) < 4.78 is 23.4. The zero-order valence-electron chi connectivity index (χ0n) is 12.0.